The number of anilines is 1. The first-order chi connectivity index (χ1) is 9.35. The fraction of sp³-hybridized carbons (Fsp3) is 0.333. The zero-order chi connectivity index (χ0) is 14.7. The summed E-state index contributed by atoms with van der Waals surface area (Å²) in [5.74, 6) is 0.0699. The SMILES string of the molecule is CC(=O)N1c2c(C)cccc2-c2c(ssc2=S)C1(C)C. The van der Waals surface area contributed by atoms with Gasteiger partial charge in [0.2, 0.25) is 5.91 Å². The molecule has 1 amide bonds. The molecule has 20 heavy (non-hydrogen) atoms. The summed E-state index contributed by atoms with van der Waals surface area (Å²) in [6.07, 6.45) is 0. The normalized spacial score (nSPS) is 15.7. The van der Waals surface area contributed by atoms with Crippen LogP contribution in [0.1, 0.15) is 31.2 Å². The Kier molecular flexibility index (Phi) is 3.12. The van der Waals surface area contributed by atoms with E-state index in [1.807, 2.05) is 11.0 Å². The Hall–Kier alpha value is -1.04. The molecule has 0 bridgehead atoms. The molecule has 1 aromatic carbocycles. The summed E-state index contributed by atoms with van der Waals surface area (Å²) in [4.78, 5) is 15.4. The standard InChI is InChI=1S/C15H15NOS3/c1-8-6-5-7-10-11-13(19-20-14(11)18)15(3,4)16(9(2)17)12(8)10/h5-7H,1-4H3. The molecule has 3 rings (SSSR count). The van der Waals surface area contributed by atoms with Crippen molar-refractivity contribution in [3.8, 4) is 11.1 Å². The van der Waals surface area contributed by atoms with Gasteiger partial charge in [-0.3, -0.25) is 4.79 Å². The minimum Gasteiger partial charge on any atom is -0.301 e. The second-order valence-corrected chi connectivity index (χ2v) is 8.36. The number of amides is 1. The molecule has 0 saturated heterocycles. The van der Waals surface area contributed by atoms with Gasteiger partial charge in [-0.15, -0.1) is 0 Å². The largest absolute Gasteiger partial charge is 0.301 e. The van der Waals surface area contributed by atoms with Gasteiger partial charge in [-0.1, -0.05) is 51.1 Å². The summed E-state index contributed by atoms with van der Waals surface area (Å²) in [6.45, 7) is 7.88. The molecular weight excluding hydrogens is 306 g/mol. The Bertz CT molecular complexity index is 770. The highest BCUT2D eigenvalue weighted by molar-refractivity contribution is 7.80. The maximum atomic E-state index is 12.3. The Morgan fingerprint density at radius 3 is 2.65 bits per heavy atom. The molecule has 1 aliphatic rings. The molecule has 0 saturated carbocycles. The summed E-state index contributed by atoms with van der Waals surface area (Å²) in [6, 6.07) is 6.15. The average molecular weight is 321 g/mol. The molecule has 5 heteroatoms. The maximum Gasteiger partial charge on any atom is 0.224 e. The number of rotatable bonds is 0. The van der Waals surface area contributed by atoms with Gasteiger partial charge in [0.1, 0.15) is 3.82 Å². The lowest BCUT2D eigenvalue weighted by atomic mass is 9.86. The van der Waals surface area contributed by atoms with Crippen LogP contribution in [0.25, 0.3) is 11.1 Å². The van der Waals surface area contributed by atoms with Gasteiger partial charge in [0.05, 0.1) is 16.1 Å². The van der Waals surface area contributed by atoms with E-state index in [1.54, 1.807) is 27.6 Å². The third-order valence-corrected chi connectivity index (χ3v) is 7.12. The third-order valence-electron chi connectivity index (χ3n) is 3.79. The zero-order valence-corrected chi connectivity index (χ0v) is 14.3. The topological polar surface area (TPSA) is 20.3 Å². The monoisotopic (exact) mass is 321 g/mol. The summed E-state index contributed by atoms with van der Waals surface area (Å²) in [5.41, 5.74) is 4.02. The molecule has 0 atom stereocenters. The van der Waals surface area contributed by atoms with Crippen molar-refractivity contribution in [2.75, 3.05) is 4.90 Å². The number of hydrogen-bond donors (Lipinski definition) is 0. The highest BCUT2D eigenvalue weighted by Gasteiger charge is 2.42. The number of fused-ring (bicyclic) bond motifs is 3. The van der Waals surface area contributed by atoms with Gasteiger partial charge in [0, 0.05) is 18.1 Å². The van der Waals surface area contributed by atoms with Crippen LogP contribution in [0.5, 0.6) is 0 Å². The van der Waals surface area contributed by atoms with Gasteiger partial charge < -0.3 is 4.90 Å². The lowest BCUT2D eigenvalue weighted by Gasteiger charge is -2.43. The Balaban J connectivity index is 2.47. The zero-order valence-electron chi connectivity index (χ0n) is 11.8. The van der Waals surface area contributed by atoms with E-state index in [-0.39, 0.29) is 11.4 Å². The molecule has 0 unspecified atom stereocenters. The Morgan fingerprint density at radius 1 is 1.30 bits per heavy atom. The second kappa shape index (κ2) is 4.48. The van der Waals surface area contributed by atoms with Crippen molar-refractivity contribution < 1.29 is 4.79 Å². The third kappa shape index (κ3) is 1.73. The van der Waals surface area contributed by atoms with Crippen LogP contribution in [0.4, 0.5) is 5.69 Å². The van der Waals surface area contributed by atoms with E-state index in [4.69, 9.17) is 12.2 Å². The first kappa shape index (κ1) is 13.9. The van der Waals surface area contributed by atoms with Crippen LogP contribution < -0.4 is 4.90 Å². The van der Waals surface area contributed by atoms with E-state index in [2.05, 4.69) is 32.9 Å². The van der Waals surface area contributed by atoms with Gasteiger partial charge in [0.15, 0.2) is 0 Å². The van der Waals surface area contributed by atoms with Crippen molar-refractivity contribution in [2.24, 2.45) is 0 Å². The number of aryl methyl sites for hydroxylation is 1. The van der Waals surface area contributed by atoms with Crippen LogP contribution in [0, 0.1) is 10.7 Å². The summed E-state index contributed by atoms with van der Waals surface area (Å²) in [5, 5.41) is 0. The van der Waals surface area contributed by atoms with Crippen LogP contribution in [-0.2, 0) is 10.3 Å². The molecule has 104 valence electrons. The van der Waals surface area contributed by atoms with E-state index >= 15 is 0 Å². The summed E-state index contributed by atoms with van der Waals surface area (Å²) >= 11 is 5.52. The summed E-state index contributed by atoms with van der Waals surface area (Å²) in [7, 11) is 3.32. The fourth-order valence-electron chi connectivity index (χ4n) is 2.99. The van der Waals surface area contributed by atoms with Crippen molar-refractivity contribution in [2.45, 2.75) is 33.2 Å². The average Bonchev–Trinajstić information content (AvgIpc) is 2.73. The number of nitrogens with zero attached hydrogens (tertiary/aromatic N) is 1. The van der Waals surface area contributed by atoms with E-state index < -0.39 is 0 Å². The lowest BCUT2D eigenvalue weighted by Crippen LogP contribution is -2.47. The van der Waals surface area contributed by atoms with Crippen molar-refractivity contribution >= 4 is 44.5 Å². The van der Waals surface area contributed by atoms with Gasteiger partial charge in [-0.05, 0) is 26.3 Å². The predicted molar refractivity (Wildman–Crippen MR) is 89.4 cm³/mol. The molecule has 2 aromatic rings. The number of benzene rings is 1. The first-order valence-corrected chi connectivity index (χ1v) is 8.96. The number of carbonyl (C=O) groups excluding carboxylic acids is 1. The van der Waals surface area contributed by atoms with Crippen molar-refractivity contribution in [1.29, 1.82) is 0 Å². The minimum atomic E-state index is -0.349. The van der Waals surface area contributed by atoms with Crippen LogP contribution in [0.2, 0.25) is 0 Å². The highest BCUT2D eigenvalue weighted by atomic mass is 32.9. The predicted octanol–water partition coefficient (Wildman–Crippen LogP) is 5.12. The van der Waals surface area contributed by atoms with Gasteiger partial charge in [-0.25, -0.2) is 0 Å². The van der Waals surface area contributed by atoms with Crippen molar-refractivity contribution in [1.82, 2.24) is 0 Å². The smallest absolute Gasteiger partial charge is 0.224 e. The molecule has 2 nitrogen and oxygen atoms in total. The molecular formula is C15H15NOS3. The minimum absolute atomic E-state index is 0.0699. The molecule has 1 aliphatic heterocycles. The Labute approximate surface area is 131 Å². The van der Waals surface area contributed by atoms with Gasteiger partial charge >= 0.3 is 0 Å². The first-order valence-electron chi connectivity index (χ1n) is 6.40. The lowest BCUT2D eigenvalue weighted by molar-refractivity contribution is -0.117. The van der Waals surface area contributed by atoms with E-state index in [0.717, 1.165) is 26.2 Å². The molecule has 0 fully saturated rings. The maximum absolute atomic E-state index is 12.3. The molecule has 0 spiro atoms. The van der Waals surface area contributed by atoms with Crippen LogP contribution in [0.15, 0.2) is 18.2 Å². The molecule has 0 radical (unpaired) electrons. The molecule has 2 heterocycles. The molecule has 0 N–H and O–H groups in total. The van der Waals surface area contributed by atoms with Crippen LogP contribution >= 0.6 is 32.9 Å². The van der Waals surface area contributed by atoms with E-state index in [0.29, 0.717) is 0 Å². The van der Waals surface area contributed by atoms with Crippen LogP contribution in [0.3, 0.4) is 0 Å². The van der Waals surface area contributed by atoms with Gasteiger partial charge in [-0.2, -0.15) is 0 Å². The van der Waals surface area contributed by atoms with E-state index in [9.17, 15) is 4.79 Å². The summed E-state index contributed by atoms with van der Waals surface area (Å²) < 4.78 is 0.924. The van der Waals surface area contributed by atoms with Crippen molar-refractivity contribution in [3.63, 3.8) is 0 Å². The van der Waals surface area contributed by atoms with Crippen LogP contribution in [-0.4, -0.2) is 5.91 Å². The second-order valence-electron chi connectivity index (χ2n) is 5.54. The van der Waals surface area contributed by atoms with E-state index in [1.165, 1.54) is 4.88 Å². The number of carbonyl (C=O) groups is 1. The quantitative estimate of drug-likeness (QED) is 0.496. The van der Waals surface area contributed by atoms with Crippen molar-refractivity contribution in [3.05, 3.63) is 32.5 Å². The van der Waals surface area contributed by atoms with Gasteiger partial charge in [0.25, 0.3) is 0 Å². The fourth-order valence-corrected chi connectivity index (χ4v) is 6.27. The highest BCUT2D eigenvalue weighted by Crippen LogP contribution is 2.52. The number of hydrogen-bond acceptors (Lipinski definition) is 4. The molecule has 1 aromatic heterocycles. The number of para-hydroxylation sites is 1. The molecule has 0 aliphatic carbocycles. The Morgan fingerprint density at radius 2 is 2.00 bits per heavy atom.